The highest BCUT2D eigenvalue weighted by Crippen LogP contribution is 2.45. The fourth-order valence-electron chi connectivity index (χ4n) is 2.76. The van der Waals surface area contributed by atoms with Crippen molar-refractivity contribution in [2.24, 2.45) is 5.41 Å². The van der Waals surface area contributed by atoms with Crippen molar-refractivity contribution < 1.29 is 18.8 Å². The van der Waals surface area contributed by atoms with Crippen LogP contribution in [0.4, 0.5) is 14.9 Å². The SMILES string of the molecule is Cc1cccc(F)c1N1C(=O)NC(=O)C2(CCC2)C1=O. The number of urea groups is 1. The molecule has 0 bridgehead atoms. The first kappa shape index (κ1) is 12.8. The second-order valence-electron chi connectivity index (χ2n) is 5.24. The van der Waals surface area contributed by atoms with Gasteiger partial charge >= 0.3 is 6.03 Å². The predicted octanol–water partition coefficient (Wildman–Crippen LogP) is 1.89. The van der Waals surface area contributed by atoms with E-state index in [0.717, 1.165) is 11.3 Å². The van der Waals surface area contributed by atoms with Gasteiger partial charge in [-0.05, 0) is 31.4 Å². The van der Waals surface area contributed by atoms with Gasteiger partial charge in [-0.15, -0.1) is 0 Å². The number of barbiturate groups is 1. The van der Waals surface area contributed by atoms with Crippen molar-refractivity contribution in [3.05, 3.63) is 29.6 Å². The Morgan fingerprint density at radius 3 is 2.50 bits per heavy atom. The molecule has 1 saturated carbocycles. The maximum absolute atomic E-state index is 14.0. The lowest BCUT2D eigenvalue weighted by Crippen LogP contribution is -2.66. The molecule has 0 atom stereocenters. The van der Waals surface area contributed by atoms with Crippen LogP contribution in [-0.2, 0) is 9.59 Å². The highest BCUT2D eigenvalue weighted by atomic mass is 19.1. The molecule has 1 spiro atoms. The lowest BCUT2D eigenvalue weighted by molar-refractivity contribution is -0.148. The van der Waals surface area contributed by atoms with Crippen LogP contribution in [0, 0.1) is 18.2 Å². The van der Waals surface area contributed by atoms with Gasteiger partial charge in [0.25, 0.3) is 5.91 Å². The third kappa shape index (κ3) is 1.51. The minimum atomic E-state index is -1.19. The number of amides is 4. The minimum Gasteiger partial charge on any atom is -0.276 e. The number of benzene rings is 1. The smallest absolute Gasteiger partial charge is 0.276 e. The number of hydrogen-bond donors (Lipinski definition) is 1. The average Bonchev–Trinajstić information content (AvgIpc) is 2.30. The molecule has 1 aliphatic carbocycles. The summed E-state index contributed by atoms with van der Waals surface area (Å²) in [6, 6.07) is 3.42. The summed E-state index contributed by atoms with van der Waals surface area (Å²) in [6.07, 6.45) is 1.54. The summed E-state index contributed by atoms with van der Waals surface area (Å²) in [4.78, 5) is 37.1. The van der Waals surface area contributed by atoms with Gasteiger partial charge in [0.2, 0.25) is 5.91 Å². The van der Waals surface area contributed by atoms with Gasteiger partial charge in [-0.2, -0.15) is 0 Å². The largest absolute Gasteiger partial charge is 0.335 e. The highest BCUT2D eigenvalue weighted by molar-refractivity contribution is 6.30. The predicted molar refractivity (Wildman–Crippen MR) is 68.4 cm³/mol. The topological polar surface area (TPSA) is 66.5 Å². The van der Waals surface area contributed by atoms with Gasteiger partial charge in [0.05, 0.1) is 5.69 Å². The number of halogens is 1. The summed E-state index contributed by atoms with van der Waals surface area (Å²) in [6.45, 7) is 1.61. The zero-order chi connectivity index (χ0) is 14.5. The zero-order valence-electron chi connectivity index (χ0n) is 10.9. The first-order chi connectivity index (χ1) is 9.47. The third-order valence-electron chi connectivity index (χ3n) is 4.09. The molecule has 1 heterocycles. The van der Waals surface area contributed by atoms with E-state index in [2.05, 4.69) is 5.32 Å². The number of rotatable bonds is 1. The van der Waals surface area contributed by atoms with E-state index in [1.54, 1.807) is 13.0 Å². The Labute approximate surface area is 114 Å². The maximum atomic E-state index is 14.0. The highest BCUT2D eigenvalue weighted by Gasteiger charge is 2.58. The molecule has 1 aromatic rings. The molecule has 1 aliphatic heterocycles. The van der Waals surface area contributed by atoms with E-state index in [4.69, 9.17) is 0 Å². The maximum Gasteiger partial charge on any atom is 0.335 e. The molecule has 2 fully saturated rings. The molecule has 0 radical (unpaired) electrons. The molecule has 0 aromatic heterocycles. The normalized spacial score (nSPS) is 20.9. The van der Waals surface area contributed by atoms with Gasteiger partial charge in [0, 0.05) is 0 Å². The number of para-hydroxylation sites is 1. The lowest BCUT2D eigenvalue weighted by Gasteiger charge is -2.44. The molecule has 3 rings (SSSR count). The van der Waals surface area contributed by atoms with Gasteiger partial charge in [0.15, 0.2) is 0 Å². The molecule has 1 aromatic carbocycles. The van der Waals surface area contributed by atoms with E-state index in [0.29, 0.717) is 18.4 Å². The second-order valence-corrected chi connectivity index (χ2v) is 5.24. The molecule has 2 aliphatic rings. The van der Waals surface area contributed by atoms with Crippen molar-refractivity contribution in [2.45, 2.75) is 26.2 Å². The van der Waals surface area contributed by atoms with E-state index in [1.807, 2.05) is 0 Å². The molecule has 6 heteroatoms. The zero-order valence-corrected chi connectivity index (χ0v) is 10.9. The van der Waals surface area contributed by atoms with Gasteiger partial charge in [-0.25, -0.2) is 14.1 Å². The van der Waals surface area contributed by atoms with Gasteiger partial charge in [-0.1, -0.05) is 18.6 Å². The van der Waals surface area contributed by atoms with Crippen LogP contribution in [0.3, 0.4) is 0 Å². The van der Waals surface area contributed by atoms with Crippen LogP contribution in [0.1, 0.15) is 24.8 Å². The van der Waals surface area contributed by atoms with Crippen molar-refractivity contribution in [3.8, 4) is 0 Å². The van der Waals surface area contributed by atoms with Crippen molar-refractivity contribution >= 4 is 23.5 Å². The molecule has 5 nitrogen and oxygen atoms in total. The Balaban J connectivity index is 2.11. The number of hydrogen-bond acceptors (Lipinski definition) is 3. The molecule has 0 unspecified atom stereocenters. The third-order valence-corrected chi connectivity index (χ3v) is 4.09. The van der Waals surface area contributed by atoms with Crippen LogP contribution in [0.25, 0.3) is 0 Å². The number of nitrogens with zero attached hydrogens (tertiary/aromatic N) is 1. The van der Waals surface area contributed by atoms with Crippen molar-refractivity contribution in [2.75, 3.05) is 4.90 Å². The van der Waals surface area contributed by atoms with Crippen LogP contribution < -0.4 is 10.2 Å². The van der Waals surface area contributed by atoms with E-state index < -0.39 is 29.1 Å². The summed E-state index contributed by atoms with van der Waals surface area (Å²) >= 11 is 0. The number of aryl methyl sites for hydroxylation is 1. The van der Waals surface area contributed by atoms with E-state index >= 15 is 0 Å². The first-order valence-corrected chi connectivity index (χ1v) is 6.42. The first-order valence-electron chi connectivity index (χ1n) is 6.42. The van der Waals surface area contributed by atoms with Gasteiger partial charge in [0.1, 0.15) is 11.2 Å². The Morgan fingerprint density at radius 1 is 1.25 bits per heavy atom. The Bertz CT molecular complexity index is 617. The van der Waals surface area contributed by atoms with E-state index in [9.17, 15) is 18.8 Å². The van der Waals surface area contributed by atoms with Crippen LogP contribution in [0.2, 0.25) is 0 Å². The molecule has 20 heavy (non-hydrogen) atoms. The molecule has 1 N–H and O–H groups in total. The average molecular weight is 276 g/mol. The second kappa shape index (κ2) is 4.13. The standard InChI is InChI=1S/C14H13FN2O3/c1-8-4-2-5-9(15)10(8)17-12(19)14(6-3-7-14)11(18)16-13(17)20/h2,4-5H,3,6-7H2,1H3,(H,16,18,20). The van der Waals surface area contributed by atoms with Crippen molar-refractivity contribution in [3.63, 3.8) is 0 Å². The summed E-state index contributed by atoms with van der Waals surface area (Å²) in [5.74, 6) is -1.84. The number of carbonyl (C=O) groups excluding carboxylic acids is 3. The Hall–Kier alpha value is -2.24. The number of anilines is 1. The molecule has 4 amide bonds. The van der Waals surface area contributed by atoms with Crippen LogP contribution in [-0.4, -0.2) is 17.8 Å². The Morgan fingerprint density at radius 2 is 1.95 bits per heavy atom. The molecule has 104 valence electrons. The van der Waals surface area contributed by atoms with Crippen LogP contribution in [0.15, 0.2) is 18.2 Å². The van der Waals surface area contributed by atoms with Gasteiger partial charge < -0.3 is 0 Å². The molecular formula is C14H13FN2O3. The van der Waals surface area contributed by atoms with Crippen molar-refractivity contribution in [1.29, 1.82) is 0 Å². The number of imide groups is 2. The molecular weight excluding hydrogens is 263 g/mol. The monoisotopic (exact) mass is 276 g/mol. The van der Waals surface area contributed by atoms with E-state index in [-0.39, 0.29) is 5.69 Å². The fourth-order valence-corrected chi connectivity index (χ4v) is 2.76. The fraction of sp³-hybridized carbons (Fsp3) is 0.357. The number of nitrogens with one attached hydrogen (secondary N) is 1. The Kier molecular flexibility index (Phi) is 2.64. The van der Waals surface area contributed by atoms with Crippen molar-refractivity contribution in [1.82, 2.24) is 5.32 Å². The molecule has 1 saturated heterocycles. The summed E-state index contributed by atoms with van der Waals surface area (Å²) in [5.41, 5.74) is -0.797. The summed E-state index contributed by atoms with van der Waals surface area (Å²) in [5, 5.41) is 2.17. The number of carbonyl (C=O) groups is 3. The van der Waals surface area contributed by atoms with E-state index in [1.165, 1.54) is 12.1 Å². The summed E-state index contributed by atoms with van der Waals surface area (Å²) < 4.78 is 14.0. The quantitative estimate of drug-likeness (QED) is 0.796. The minimum absolute atomic E-state index is 0.0752. The van der Waals surface area contributed by atoms with Crippen LogP contribution in [0.5, 0.6) is 0 Å². The summed E-state index contributed by atoms with van der Waals surface area (Å²) in [7, 11) is 0. The van der Waals surface area contributed by atoms with Crippen LogP contribution >= 0.6 is 0 Å². The van der Waals surface area contributed by atoms with Gasteiger partial charge in [-0.3, -0.25) is 14.9 Å². The lowest BCUT2D eigenvalue weighted by atomic mass is 9.66.